The van der Waals surface area contributed by atoms with Crippen LogP contribution in [0.2, 0.25) is 0 Å². The molecule has 1 N–H and O–H groups in total. The van der Waals surface area contributed by atoms with Crippen LogP contribution in [0.25, 0.3) is 0 Å². The second-order valence-electron chi connectivity index (χ2n) is 3.82. The van der Waals surface area contributed by atoms with Crippen molar-refractivity contribution in [2.24, 2.45) is 0 Å². The van der Waals surface area contributed by atoms with E-state index in [1.807, 2.05) is 16.8 Å². The number of carbonyl (C=O) groups is 2. The van der Waals surface area contributed by atoms with Crippen molar-refractivity contribution in [2.45, 2.75) is 12.5 Å². The first-order chi connectivity index (χ1) is 8.18. The second kappa shape index (κ2) is 5.29. The summed E-state index contributed by atoms with van der Waals surface area (Å²) in [5.41, 5.74) is 0.927. The number of aliphatic carboxylic acids is 1. The smallest absolute Gasteiger partial charge is 0.328 e. The molecule has 1 aromatic rings. The van der Waals surface area contributed by atoms with E-state index in [2.05, 4.69) is 0 Å². The monoisotopic (exact) mass is 255 g/mol. The zero-order valence-electron chi connectivity index (χ0n) is 9.17. The first-order valence-electron chi connectivity index (χ1n) is 5.29. The maximum Gasteiger partial charge on any atom is 0.328 e. The highest BCUT2D eigenvalue weighted by atomic mass is 32.1. The summed E-state index contributed by atoms with van der Waals surface area (Å²) in [6.07, 6.45) is 0.257. The fraction of sp³-hybridized carbons (Fsp3) is 0.455. The molecular weight excluding hydrogens is 242 g/mol. The van der Waals surface area contributed by atoms with Crippen molar-refractivity contribution in [2.75, 3.05) is 19.8 Å². The molecular formula is C11H13NO4S. The minimum Gasteiger partial charge on any atom is -0.480 e. The Kier molecular flexibility index (Phi) is 3.75. The van der Waals surface area contributed by atoms with E-state index in [9.17, 15) is 9.59 Å². The van der Waals surface area contributed by atoms with E-state index in [4.69, 9.17) is 9.84 Å². The molecule has 0 unspecified atom stereocenters. The molecule has 1 aliphatic heterocycles. The van der Waals surface area contributed by atoms with Gasteiger partial charge in [0.15, 0.2) is 6.04 Å². The summed E-state index contributed by atoms with van der Waals surface area (Å²) >= 11 is 1.52. The van der Waals surface area contributed by atoms with Gasteiger partial charge in [0.2, 0.25) is 5.91 Å². The molecule has 0 spiro atoms. The largest absolute Gasteiger partial charge is 0.480 e. The minimum atomic E-state index is -1.01. The Morgan fingerprint density at radius 3 is 3.06 bits per heavy atom. The van der Waals surface area contributed by atoms with Gasteiger partial charge in [0.25, 0.3) is 0 Å². The number of hydrogen-bond acceptors (Lipinski definition) is 4. The molecule has 1 aromatic heterocycles. The predicted molar refractivity (Wildman–Crippen MR) is 62.0 cm³/mol. The van der Waals surface area contributed by atoms with Crippen LogP contribution >= 0.6 is 11.3 Å². The van der Waals surface area contributed by atoms with Crippen molar-refractivity contribution in [3.05, 3.63) is 22.4 Å². The van der Waals surface area contributed by atoms with Gasteiger partial charge >= 0.3 is 5.97 Å². The van der Waals surface area contributed by atoms with Crippen LogP contribution in [0, 0.1) is 0 Å². The zero-order chi connectivity index (χ0) is 12.3. The summed E-state index contributed by atoms with van der Waals surface area (Å²) in [4.78, 5) is 24.4. The number of amides is 1. The van der Waals surface area contributed by atoms with E-state index in [1.165, 1.54) is 16.2 Å². The van der Waals surface area contributed by atoms with Gasteiger partial charge in [-0.3, -0.25) is 4.79 Å². The molecule has 2 heterocycles. The van der Waals surface area contributed by atoms with Gasteiger partial charge in [-0.2, -0.15) is 11.3 Å². The molecule has 2 rings (SSSR count). The molecule has 0 saturated carbocycles. The van der Waals surface area contributed by atoms with Gasteiger partial charge in [0.1, 0.15) is 0 Å². The number of morpholine rings is 1. The molecule has 0 aliphatic carbocycles. The summed E-state index contributed by atoms with van der Waals surface area (Å²) in [5.74, 6) is -1.16. The van der Waals surface area contributed by atoms with Crippen molar-refractivity contribution in [3.63, 3.8) is 0 Å². The molecule has 6 heteroatoms. The average Bonchev–Trinajstić information content (AvgIpc) is 2.81. The van der Waals surface area contributed by atoms with Crippen LogP contribution in [0.15, 0.2) is 16.8 Å². The molecule has 17 heavy (non-hydrogen) atoms. The topological polar surface area (TPSA) is 66.8 Å². The Morgan fingerprint density at radius 1 is 1.59 bits per heavy atom. The number of carboxylic acid groups (broad SMARTS) is 1. The van der Waals surface area contributed by atoms with Crippen LogP contribution in [-0.2, 0) is 20.7 Å². The number of carbonyl (C=O) groups excluding carboxylic acids is 1. The molecule has 1 aliphatic rings. The van der Waals surface area contributed by atoms with Gasteiger partial charge in [-0.25, -0.2) is 4.79 Å². The number of nitrogens with zero attached hydrogens (tertiary/aromatic N) is 1. The summed E-state index contributed by atoms with van der Waals surface area (Å²) < 4.78 is 5.09. The van der Waals surface area contributed by atoms with Crippen LogP contribution in [0.5, 0.6) is 0 Å². The van der Waals surface area contributed by atoms with Crippen molar-refractivity contribution < 1.29 is 19.4 Å². The van der Waals surface area contributed by atoms with Gasteiger partial charge in [-0.15, -0.1) is 0 Å². The maximum atomic E-state index is 12.0. The minimum absolute atomic E-state index is 0.0741. The maximum absolute atomic E-state index is 12.0. The molecule has 1 fully saturated rings. The van der Waals surface area contributed by atoms with Gasteiger partial charge < -0.3 is 14.7 Å². The zero-order valence-corrected chi connectivity index (χ0v) is 9.98. The van der Waals surface area contributed by atoms with Crippen LogP contribution in [0.4, 0.5) is 0 Å². The van der Waals surface area contributed by atoms with E-state index in [-0.39, 0.29) is 18.9 Å². The third-order valence-corrected chi connectivity index (χ3v) is 3.40. The summed E-state index contributed by atoms with van der Waals surface area (Å²) in [6.45, 7) is 0.823. The average molecular weight is 255 g/mol. The van der Waals surface area contributed by atoms with Gasteiger partial charge in [0, 0.05) is 6.54 Å². The molecule has 92 valence electrons. The SMILES string of the molecule is O=C(O)[C@@H]1COCCN1C(=O)Cc1ccsc1. The molecule has 0 aromatic carbocycles. The Bertz CT molecular complexity index is 404. The molecule has 1 amide bonds. The highest BCUT2D eigenvalue weighted by molar-refractivity contribution is 7.07. The molecule has 0 bridgehead atoms. The fourth-order valence-electron chi connectivity index (χ4n) is 1.78. The highest BCUT2D eigenvalue weighted by Gasteiger charge is 2.32. The normalized spacial score (nSPS) is 20.2. The molecule has 1 saturated heterocycles. The van der Waals surface area contributed by atoms with Gasteiger partial charge in [0.05, 0.1) is 19.6 Å². The van der Waals surface area contributed by atoms with Crippen LogP contribution in [0.3, 0.4) is 0 Å². The highest BCUT2D eigenvalue weighted by Crippen LogP contribution is 2.12. The third-order valence-electron chi connectivity index (χ3n) is 2.67. The van der Waals surface area contributed by atoms with E-state index >= 15 is 0 Å². The van der Waals surface area contributed by atoms with Crippen LogP contribution in [-0.4, -0.2) is 47.7 Å². The second-order valence-corrected chi connectivity index (χ2v) is 4.60. The van der Waals surface area contributed by atoms with Crippen molar-refractivity contribution in [3.8, 4) is 0 Å². The Morgan fingerprint density at radius 2 is 2.41 bits per heavy atom. The first kappa shape index (κ1) is 12.1. The molecule has 1 atom stereocenters. The lowest BCUT2D eigenvalue weighted by Crippen LogP contribution is -2.53. The van der Waals surface area contributed by atoms with Crippen molar-refractivity contribution in [1.29, 1.82) is 0 Å². The Hall–Kier alpha value is -1.40. The quantitative estimate of drug-likeness (QED) is 0.859. The molecule has 0 radical (unpaired) electrons. The van der Waals surface area contributed by atoms with Gasteiger partial charge in [-0.1, -0.05) is 0 Å². The van der Waals surface area contributed by atoms with E-state index in [0.29, 0.717) is 13.2 Å². The summed E-state index contributed by atoms with van der Waals surface area (Å²) in [6, 6.07) is 1.02. The summed E-state index contributed by atoms with van der Waals surface area (Å²) in [5, 5.41) is 12.8. The third kappa shape index (κ3) is 2.83. The lowest BCUT2D eigenvalue weighted by molar-refractivity contribution is -0.158. The van der Waals surface area contributed by atoms with E-state index < -0.39 is 12.0 Å². The lowest BCUT2D eigenvalue weighted by atomic mass is 10.1. The van der Waals surface area contributed by atoms with Crippen LogP contribution < -0.4 is 0 Å². The predicted octanol–water partition coefficient (Wildman–Crippen LogP) is 0.603. The number of thiophene rings is 1. The summed E-state index contributed by atoms with van der Waals surface area (Å²) in [7, 11) is 0. The fourth-order valence-corrected chi connectivity index (χ4v) is 2.44. The van der Waals surface area contributed by atoms with E-state index in [0.717, 1.165) is 5.56 Å². The standard InChI is InChI=1S/C11H13NO4S/c13-10(5-8-1-4-17-7-8)12-2-3-16-6-9(12)11(14)15/h1,4,7,9H,2-3,5-6H2,(H,14,15)/t9-/m0/s1. The van der Waals surface area contributed by atoms with Gasteiger partial charge in [-0.05, 0) is 22.4 Å². The number of ether oxygens (including phenoxy) is 1. The molecule has 5 nitrogen and oxygen atoms in total. The van der Waals surface area contributed by atoms with Crippen molar-refractivity contribution >= 4 is 23.2 Å². The first-order valence-corrected chi connectivity index (χ1v) is 6.24. The number of carboxylic acids is 1. The number of hydrogen-bond donors (Lipinski definition) is 1. The van der Waals surface area contributed by atoms with E-state index in [1.54, 1.807) is 0 Å². The Balaban J connectivity index is 2.03. The lowest BCUT2D eigenvalue weighted by Gasteiger charge is -2.32. The Labute approximate surface area is 103 Å². The van der Waals surface area contributed by atoms with Crippen molar-refractivity contribution in [1.82, 2.24) is 4.90 Å². The number of rotatable bonds is 3. The van der Waals surface area contributed by atoms with Crippen LogP contribution in [0.1, 0.15) is 5.56 Å².